The fraction of sp³-hybridized carbons (Fsp3) is 0.438. The van der Waals surface area contributed by atoms with Crippen LogP contribution in [0, 0.1) is 0 Å². The Morgan fingerprint density at radius 3 is 2.86 bits per heavy atom. The van der Waals surface area contributed by atoms with E-state index in [2.05, 4.69) is 25.4 Å². The first-order chi connectivity index (χ1) is 10.8. The molecule has 0 aromatic carbocycles. The molecule has 0 aliphatic carbocycles. The molecule has 0 atom stereocenters. The van der Waals surface area contributed by atoms with Gasteiger partial charge in [-0.15, -0.1) is 0 Å². The lowest BCUT2D eigenvalue weighted by Gasteiger charge is -2.33. The third-order valence-electron chi connectivity index (χ3n) is 4.05. The second kappa shape index (κ2) is 6.60. The number of carbonyl (C=O) groups is 1. The molecule has 1 amide bonds. The van der Waals surface area contributed by atoms with Crippen LogP contribution < -0.4 is 10.2 Å². The molecule has 3 rings (SSSR count). The standard InChI is InChI=1S/C16H21N5O/c1-2-12-11-14(20-19-12)16(22)18-13-6-9-21(10-7-13)15-5-3-4-8-17-15/h3-5,8,11,13H,2,6-7,9-10H2,1H3,(H,18,22)(H,19,20). The van der Waals surface area contributed by atoms with Crippen molar-refractivity contribution >= 4 is 11.7 Å². The number of carbonyl (C=O) groups excluding carboxylic acids is 1. The SMILES string of the molecule is CCc1cc(C(=O)NC2CCN(c3ccccn3)CC2)n[nH]1. The van der Waals surface area contributed by atoms with E-state index in [9.17, 15) is 4.79 Å². The van der Waals surface area contributed by atoms with Gasteiger partial charge in [0, 0.05) is 31.0 Å². The zero-order chi connectivity index (χ0) is 15.4. The van der Waals surface area contributed by atoms with Crippen LogP contribution in [-0.2, 0) is 6.42 Å². The molecule has 1 aliphatic rings. The number of pyridine rings is 1. The van der Waals surface area contributed by atoms with Crippen LogP contribution in [0.4, 0.5) is 5.82 Å². The Kier molecular flexibility index (Phi) is 4.37. The van der Waals surface area contributed by atoms with Crippen LogP contribution in [0.15, 0.2) is 30.5 Å². The summed E-state index contributed by atoms with van der Waals surface area (Å²) in [5.41, 5.74) is 1.46. The van der Waals surface area contributed by atoms with E-state index in [1.807, 2.05) is 37.4 Å². The molecule has 1 aliphatic heterocycles. The number of anilines is 1. The number of piperidine rings is 1. The van der Waals surface area contributed by atoms with Gasteiger partial charge in [0.2, 0.25) is 0 Å². The molecule has 0 bridgehead atoms. The Morgan fingerprint density at radius 2 is 2.23 bits per heavy atom. The van der Waals surface area contributed by atoms with Gasteiger partial charge in [-0.3, -0.25) is 9.89 Å². The summed E-state index contributed by atoms with van der Waals surface area (Å²) < 4.78 is 0. The highest BCUT2D eigenvalue weighted by atomic mass is 16.2. The molecule has 6 heteroatoms. The summed E-state index contributed by atoms with van der Waals surface area (Å²) in [6, 6.07) is 7.96. The van der Waals surface area contributed by atoms with Gasteiger partial charge in [0.1, 0.15) is 11.5 Å². The van der Waals surface area contributed by atoms with Crippen molar-refractivity contribution in [2.75, 3.05) is 18.0 Å². The predicted molar refractivity (Wildman–Crippen MR) is 84.9 cm³/mol. The van der Waals surface area contributed by atoms with Crippen molar-refractivity contribution in [3.63, 3.8) is 0 Å². The van der Waals surface area contributed by atoms with Crippen LogP contribution in [0.25, 0.3) is 0 Å². The van der Waals surface area contributed by atoms with Crippen molar-refractivity contribution in [3.8, 4) is 0 Å². The molecule has 0 radical (unpaired) electrons. The smallest absolute Gasteiger partial charge is 0.271 e. The van der Waals surface area contributed by atoms with Gasteiger partial charge >= 0.3 is 0 Å². The van der Waals surface area contributed by atoms with E-state index in [-0.39, 0.29) is 11.9 Å². The molecule has 2 aromatic heterocycles. The lowest BCUT2D eigenvalue weighted by atomic mass is 10.0. The Bertz CT molecular complexity index is 616. The van der Waals surface area contributed by atoms with Crippen molar-refractivity contribution in [1.82, 2.24) is 20.5 Å². The first kappa shape index (κ1) is 14.6. The third-order valence-corrected chi connectivity index (χ3v) is 4.05. The zero-order valence-corrected chi connectivity index (χ0v) is 12.7. The van der Waals surface area contributed by atoms with Crippen LogP contribution in [0.2, 0.25) is 0 Å². The van der Waals surface area contributed by atoms with Gasteiger partial charge in [0.25, 0.3) is 5.91 Å². The fourth-order valence-electron chi connectivity index (χ4n) is 2.71. The van der Waals surface area contributed by atoms with Crippen LogP contribution in [0.5, 0.6) is 0 Å². The summed E-state index contributed by atoms with van der Waals surface area (Å²) in [4.78, 5) is 18.8. The van der Waals surface area contributed by atoms with E-state index in [1.165, 1.54) is 0 Å². The fourth-order valence-corrected chi connectivity index (χ4v) is 2.71. The number of aromatic amines is 1. The molecular weight excluding hydrogens is 278 g/mol. The predicted octanol–water partition coefficient (Wildman–Crippen LogP) is 1.77. The zero-order valence-electron chi connectivity index (χ0n) is 12.7. The summed E-state index contributed by atoms with van der Waals surface area (Å²) in [5.74, 6) is 0.916. The number of amides is 1. The van der Waals surface area contributed by atoms with E-state index in [0.29, 0.717) is 5.69 Å². The number of hydrogen-bond acceptors (Lipinski definition) is 4. The largest absolute Gasteiger partial charge is 0.356 e. The Labute approximate surface area is 129 Å². The lowest BCUT2D eigenvalue weighted by molar-refractivity contribution is 0.0926. The molecule has 1 saturated heterocycles. The van der Waals surface area contributed by atoms with Crippen LogP contribution in [-0.4, -0.2) is 40.2 Å². The molecule has 2 N–H and O–H groups in total. The molecule has 6 nitrogen and oxygen atoms in total. The van der Waals surface area contributed by atoms with Gasteiger partial charge in [-0.2, -0.15) is 5.10 Å². The van der Waals surface area contributed by atoms with Crippen LogP contribution in [0.1, 0.15) is 35.9 Å². The molecule has 0 unspecified atom stereocenters. The normalized spacial score (nSPS) is 15.8. The highest BCUT2D eigenvalue weighted by molar-refractivity contribution is 5.92. The maximum atomic E-state index is 12.2. The number of aryl methyl sites for hydroxylation is 1. The Hall–Kier alpha value is -2.37. The minimum Gasteiger partial charge on any atom is -0.356 e. The van der Waals surface area contributed by atoms with Crippen molar-refractivity contribution in [2.24, 2.45) is 0 Å². The number of nitrogens with zero attached hydrogens (tertiary/aromatic N) is 3. The van der Waals surface area contributed by atoms with Crippen LogP contribution in [0.3, 0.4) is 0 Å². The first-order valence-corrected chi connectivity index (χ1v) is 7.77. The van der Waals surface area contributed by atoms with Crippen LogP contribution >= 0.6 is 0 Å². The number of aromatic nitrogens is 3. The molecule has 22 heavy (non-hydrogen) atoms. The van der Waals surface area contributed by atoms with E-state index < -0.39 is 0 Å². The summed E-state index contributed by atoms with van der Waals surface area (Å²) in [6.07, 6.45) is 4.51. The molecule has 3 heterocycles. The van der Waals surface area contributed by atoms with E-state index in [1.54, 1.807) is 0 Å². The molecule has 0 saturated carbocycles. The van der Waals surface area contributed by atoms with Gasteiger partial charge in [-0.25, -0.2) is 4.98 Å². The van der Waals surface area contributed by atoms with E-state index in [4.69, 9.17) is 0 Å². The second-order valence-electron chi connectivity index (χ2n) is 5.55. The average Bonchev–Trinajstić information content (AvgIpc) is 3.06. The Morgan fingerprint density at radius 1 is 1.41 bits per heavy atom. The minimum atomic E-state index is -0.0905. The van der Waals surface area contributed by atoms with Crippen molar-refractivity contribution in [2.45, 2.75) is 32.2 Å². The number of rotatable bonds is 4. The molecule has 116 valence electrons. The highest BCUT2D eigenvalue weighted by Gasteiger charge is 2.22. The first-order valence-electron chi connectivity index (χ1n) is 7.77. The number of H-pyrrole nitrogens is 1. The highest BCUT2D eigenvalue weighted by Crippen LogP contribution is 2.17. The topological polar surface area (TPSA) is 73.9 Å². The Balaban J connectivity index is 1.52. The van der Waals surface area contributed by atoms with Crippen molar-refractivity contribution in [1.29, 1.82) is 0 Å². The van der Waals surface area contributed by atoms with Gasteiger partial charge in [0.15, 0.2) is 0 Å². The summed E-state index contributed by atoms with van der Waals surface area (Å²) in [6.45, 7) is 3.84. The van der Waals surface area contributed by atoms with Gasteiger partial charge in [-0.05, 0) is 37.5 Å². The third kappa shape index (κ3) is 3.27. The van der Waals surface area contributed by atoms with E-state index >= 15 is 0 Å². The quantitative estimate of drug-likeness (QED) is 0.902. The molecule has 1 fully saturated rings. The molecule has 0 spiro atoms. The molecule has 2 aromatic rings. The van der Waals surface area contributed by atoms with Crippen molar-refractivity contribution in [3.05, 3.63) is 41.9 Å². The second-order valence-corrected chi connectivity index (χ2v) is 5.55. The average molecular weight is 299 g/mol. The minimum absolute atomic E-state index is 0.0905. The van der Waals surface area contributed by atoms with Gasteiger partial charge < -0.3 is 10.2 Å². The number of nitrogens with one attached hydrogen (secondary N) is 2. The van der Waals surface area contributed by atoms with E-state index in [0.717, 1.165) is 43.9 Å². The van der Waals surface area contributed by atoms with Gasteiger partial charge in [0.05, 0.1) is 0 Å². The summed E-state index contributed by atoms with van der Waals surface area (Å²) >= 11 is 0. The van der Waals surface area contributed by atoms with Gasteiger partial charge in [-0.1, -0.05) is 13.0 Å². The summed E-state index contributed by atoms with van der Waals surface area (Å²) in [7, 11) is 0. The molecular formula is C16H21N5O. The number of hydrogen-bond donors (Lipinski definition) is 2. The summed E-state index contributed by atoms with van der Waals surface area (Å²) in [5, 5.41) is 10.0. The lowest BCUT2D eigenvalue weighted by Crippen LogP contribution is -2.45. The maximum Gasteiger partial charge on any atom is 0.271 e. The van der Waals surface area contributed by atoms with Crippen molar-refractivity contribution < 1.29 is 4.79 Å². The monoisotopic (exact) mass is 299 g/mol. The maximum absolute atomic E-state index is 12.2.